The van der Waals surface area contributed by atoms with E-state index in [9.17, 15) is 13.2 Å². The second kappa shape index (κ2) is 4.26. The first-order valence-corrected chi connectivity index (χ1v) is 4.77. The van der Waals surface area contributed by atoms with Crippen molar-refractivity contribution in [3.63, 3.8) is 0 Å². The first-order chi connectivity index (χ1) is 6.04. The van der Waals surface area contributed by atoms with Crippen LogP contribution in [0.4, 0.5) is 13.2 Å². The summed E-state index contributed by atoms with van der Waals surface area (Å²) in [6, 6.07) is -0.0853. The highest BCUT2D eigenvalue weighted by atomic mass is 32.1. The molecule has 0 spiro atoms. The molecule has 76 valence electrons. The molecule has 0 bridgehead atoms. The number of alkyl halides is 3. The van der Waals surface area contributed by atoms with Crippen LogP contribution >= 0.6 is 12.2 Å². The molecule has 2 unspecified atom stereocenters. The van der Waals surface area contributed by atoms with Crippen LogP contribution in [0.25, 0.3) is 0 Å². The third kappa shape index (κ3) is 3.14. The average molecular weight is 211 g/mol. The van der Waals surface area contributed by atoms with E-state index in [-0.39, 0.29) is 18.9 Å². The van der Waals surface area contributed by atoms with Gasteiger partial charge in [-0.25, -0.2) is 0 Å². The molecule has 1 aliphatic rings. The fourth-order valence-electron chi connectivity index (χ4n) is 1.73. The van der Waals surface area contributed by atoms with E-state index in [0.29, 0.717) is 6.42 Å². The Morgan fingerprint density at radius 3 is 2.54 bits per heavy atom. The van der Waals surface area contributed by atoms with Crippen LogP contribution in [-0.4, -0.2) is 17.7 Å². The third-order valence-electron chi connectivity index (χ3n) is 2.44. The summed E-state index contributed by atoms with van der Waals surface area (Å²) in [4.78, 5) is 0. The fourth-order valence-corrected chi connectivity index (χ4v) is 1.93. The van der Waals surface area contributed by atoms with Crippen LogP contribution in [-0.2, 0) is 0 Å². The molecule has 1 saturated carbocycles. The lowest BCUT2D eigenvalue weighted by Crippen LogP contribution is -2.37. The van der Waals surface area contributed by atoms with Crippen LogP contribution in [0.15, 0.2) is 0 Å². The first kappa shape index (κ1) is 10.8. The van der Waals surface area contributed by atoms with Crippen molar-refractivity contribution in [3.8, 4) is 0 Å². The summed E-state index contributed by atoms with van der Waals surface area (Å²) in [5.74, 6) is -1.14. The Bertz CT molecular complexity index is 181. The Hall–Kier alpha value is -0.320. The predicted octanol–water partition coefficient (Wildman–Crippen LogP) is 2.65. The van der Waals surface area contributed by atoms with E-state index >= 15 is 0 Å². The van der Waals surface area contributed by atoms with Gasteiger partial charge in [0.1, 0.15) is 0 Å². The lowest BCUT2D eigenvalue weighted by atomic mass is 9.85. The Labute approximate surface area is 80.7 Å². The number of hydrogen-bond donors (Lipinski definition) is 1. The second-order valence-electron chi connectivity index (χ2n) is 3.39. The van der Waals surface area contributed by atoms with Crippen LogP contribution < -0.4 is 5.32 Å². The van der Waals surface area contributed by atoms with E-state index in [1.165, 1.54) is 5.49 Å². The summed E-state index contributed by atoms with van der Waals surface area (Å²) in [6.45, 7) is 0. The van der Waals surface area contributed by atoms with Gasteiger partial charge in [0.05, 0.1) is 11.4 Å². The summed E-state index contributed by atoms with van der Waals surface area (Å²) in [7, 11) is 0. The number of nitrogens with one attached hydrogen (secondary N) is 1. The van der Waals surface area contributed by atoms with Gasteiger partial charge in [-0.3, -0.25) is 0 Å². The summed E-state index contributed by atoms with van der Waals surface area (Å²) in [5, 5.41) is 2.78. The van der Waals surface area contributed by atoms with E-state index < -0.39 is 12.1 Å². The van der Waals surface area contributed by atoms with Gasteiger partial charge in [-0.1, -0.05) is 18.6 Å². The predicted molar refractivity (Wildman–Crippen MR) is 48.6 cm³/mol. The number of rotatable bonds is 2. The van der Waals surface area contributed by atoms with Gasteiger partial charge in [-0.15, -0.1) is 0 Å². The van der Waals surface area contributed by atoms with Gasteiger partial charge in [-0.2, -0.15) is 13.2 Å². The molecule has 0 radical (unpaired) electrons. The molecule has 1 aliphatic carbocycles. The van der Waals surface area contributed by atoms with Crippen LogP contribution in [0, 0.1) is 5.92 Å². The minimum Gasteiger partial charge on any atom is -0.379 e. The van der Waals surface area contributed by atoms with Crippen LogP contribution in [0.2, 0.25) is 0 Å². The Kier molecular flexibility index (Phi) is 3.53. The van der Waals surface area contributed by atoms with Crippen molar-refractivity contribution in [3.05, 3.63) is 0 Å². The highest BCUT2D eigenvalue weighted by Crippen LogP contribution is 2.37. The van der Waals surface area contributed by atoms with E-state index in [2.05, 4.69) is 17.5 Å². The molecule has 2 atom stereocenters. The molecular formula is C8H12F3NS. The molecule has 1 N–H and O–H groups in total. The van der Waals surface area contributed by atoms with Crippen molar-refractivity contribution in [1.82, 2.24) is 5.32 Å². The molecule has 0 aliphatic heterocycles. The summed E-state index contributed by atoms with van der Waals surface area (Å²) < 4.78 is 36.9. The monoisotopic (exact) mass is 211 g/mol. The zero-order chi connectivity index (χ0) is 9.90. The largest absolute Gasteiger partial charge is 0.391 e. The van der Waals surface area contributed by atoms with Crippen LogP contribution in [0.5, 0.6) is 0 Å². The van der Waals surface area contributed by atoms with Crippen molar-refractivity contribution in [2.75, 3.05) is 0 Å². The molecule has 1 rings (SSSR count). The summed E-state index contributed by atoms with van der Waals surface area (Å²) >= 11 is 4.55. The molecule has 0 heterocycles. The van der Waals surface area contributed by atoms with Crippen molar-refractivity contribution in [1.29, 1.82) is 0 Å². The lowest BCUT2D eigenvalue weighted by molar-refractivity contribution is -0.183. The summed E-state index contributed by atoms with van der Waals surface area (Å²) in [5.41, 5.74) is 1.31. The molecule has 0 amide bonds. The molecule has 0 aromatic heterocycles. The highest BCUT2D eigenvalue weighted by molar-refractivity contribution is 7.78. The number of halogens is 3. The SMILES string of the molecule is FC(F)(F)C1CCCC(NC=S)C1. The van der Waals surface area contributed by atoms with Gasteiger partial charge in [0.15, 0.2) is 0 Å². The van der Waals surface area contributed by atoms with Crippen molar-refractivity contribution >= 4 is 17.7 Å². The smallest absolute Gasteiger partial charge is 0.379 e. The zero-order valence-electron chi connectivity index (χ0n) is 7.10. The van der Waals surface area contributed by atoms with Gasteiger partial charge >= 0.3 is 6.18 Å². The lowest BCUT2D eigenvalue weighted by Gasteiger charge is -2.30. The second-order valence-corrected chi connectivity index (χ2v) is 3.62. The quantitative estimate of drug-likeness (QED) is 0.705. The topological polar surface area (TPSA) is 12.0 Å². The van der Waals surface area contributed by atoms with E-state index in [1.807, 2.05) is 0 Å². The normalized spacial score (nSPS) is 29.8. The molecule has 1 fully saturated rings. The van der Waals surface area contributed by atoms with Gasteiger partial charge in [-0.05, 0) is 19.3 Å². The molecule has 1 nitrogen and oxygen atoms in total. The molecule has 5 heteroatoms. The number of thiocarbonyl (C=S) groups is 1. The minimum atomic E-state index is -4.04. The zero-order valence-corrected chi connectivity index (χ0v) is 7.92. The Morgan fingerprint density at radius 1 is 1.31 bits per heavy atom. The third-order valence-corrected chi connectivity index (χ3v) is 2.58. The Morgan fingerprint density at radius 2 is 2.00 bits per heavy atom. The molecule has 13 heavy (non-hydrogen) atoms. The summed E-state index contributed by atoms with van der Waals surface area (Å²) in [6.07, 6.45) is -2.19. The maximum atomic E-state index is 12.3. The van der Waals surface area contributed by atoms with Gasteiger partial charge in [0.25, 0.3) is 0 Å². The molecule has 0 aromatic rings. The van der Waals surface area contributed by atoms with Crippen LogP contribution in [0.3, 0.4) is 0 Å². The first-order valence-electron chi connectivity index (χ1n) is 4.30. The molecular weight excluding hydrogens is 199 g/mol. The van der Waals surface area contributed by atoms with Gasteiger partial charge in [0, 0.05) is 6.04 Å². The van der Waals surface area contributed by atoms with Crippen LogP contribution in [0.1, 0.15) is 25.7 Å². The van der Waals surface area contributed by atoms with E-state index in [0.717, 1.165) is 6.42 Å². The Balaban J connectivity index is 2.46. The maximum Gasteiger partial charge on any atom is 0.391 e. The van der Waals surface area contributed by atoms with Crippen molar-refractivity contribution in [2.45, 2.75) is 37.9 Å². The number of hydrogen-bond acceptors (Lipinski definition) is 1. The van der Waals surface area contributed by atoms with E-state index in [4.69, 9.17) is 0 Å². The van der Waals surface area contributed by atoms with Gasteiger partial charge < -0.3 is 5.32 Å². The standard InChI is InChI=1S/C8H12F3NS/c9-8(10,11)6-2-1-3-7(4-6)12-5-13/h5-7H,1-4H2,(H,12,13). The molecule has 0 saturated heterocycles. The highest BCUT2D eigenvalue weighted by Gasteiger charge is 2.41. The fraction of sp³-hybridized carbons (Fsp3) is 0.875. The van der Waals surface area contributed by atoms with E-state index in [1.54, 1.807) is 0 Å². The molecule has 0 aromatic carbocycles. The van der Waals surface area contributed by atoms with Gasteiger partial charge in [0.2, 0.25) is 0 Å². The maximum absolute atomic E-state index is 12.3. The average Bonchev–Trinajstić information content (AvgIpc) is 2.04. The van der Waals surface area contributed by atoms with Crippen molar-refractivity contribution in [2.24, 2.45) is 5.92 Å². The van der Waals surface area contributed by atoms with Crippen molar-refractivity contribution < 1.29 is 13.2 Å². The minimum absolute atomic E-state index is 0.0853.